The van der Waals surface area contributed by atoms with Crippen LogP contribution in [0.15, 0.2) is 48.5 Å². The summed E-state index contributed by atoms with van der Waals surface area (Å²) < 4.78 is 10.7. The molecule has 0 saturated carbocycles. The number of hydrogen-bond donors (Lipinski definition) is 2. The predicted molar refractivity (Wildman–Crippen MR) is 106 cm³/mol. The minimum absolute atomic E-state index is 0.0219. The van der Waals surface area contributed by atoms with Crippen LogP contribution in [0, 0.1) is 6.92 Å². The number of ketones is 1. The van der Waals surface area contributed by atoms with Crippen molar-refractivity contribution in [3.05, 3.63) is 65.5 Å². The Morgan fingerprint density at radius 3 is 2.71 bits per heavy atom. The Morgan fingerprint density at radius 2 is 1.86 bits per heavy atom. The number of hydrogen-bond acceptors (Lipinski definition) is 7. The highest BCUT2D eigenvalue weighted by Crippen LogP contribution is 2.32. The molecule has 28 heavy (non-hydrogen) atoms. The van der Waals surface area contributed by atoms with E-state index in [4.69, 9.17) is 9.47 Å². The first kappa shape index (κ1) is 17.8. The lowest BCUT2D eigenvalue weighted by Gasteiger charge is -2.11. The number of nitrogens with zero attached hydrogens (tertiary/aromatic N) is 2. The molecule has 2 N–H and O–H groups in total. The lowest BCUT2D eigenvalue weighted by atomic mass is 10.1. The number of anilines is 3. The maximum absolute atomic E-state index is 11.6. The Hall–Kier alpha value is -3.61. The molecule has 0 bridgehead atoms. The van der Waals surface area contributed by atoms with Gasteiger partial charge in [0.05, 0.1) is 0 Å². The van der Waals surface area contributed by atoms with Gasteiger partial charge in [-0.25, -0.2) is 9.97 Å². The molecule has 3 aromatic rings. The molecule has 0 radical (unpaired) electrons. The van der Waals surface area contributed by atoms with Crippen LogP contribution in [0.5, 0.6) is 11.5 Å². The van der Waals surface area contributed by atoms with E-state index in [-0.39, 0.29) is 12.6 Å². The van der Waals surface area contributed by atoms with E-state index in [0.717, 1.165) is 22.7 Å². The third-order valence-corrected chi connectivity index (χ3v) is 4.29. The number of ether oxygens (including phenoxy) is 2. The van der Waals surface area contributed by atoms with Gasteiger partial charge in [0.15, 0.2) is 17.3 Å². The van der Waals surface area contributed by atoms with Crippen LogP contribution >= 0.6 is 0 Å². The highest BCUT2D eigenvalue weighted by molar-refractivity contribution is 5.95. The Balaban J connectivity index is 1.48. The largest absolute Gasteiger partial charge is 0.454 e. The van der Waals surface area contributed by atoms with Gasteiger partial charge in [-0.15, -0.1) is 0 Å². The Labute approximate surface area is 162 Å². The molecule has 0 aliphatic carbocycles. The number of benzene rings is 2. The number of aryl methyl sites for hydroxylation is 1. The number of aromatic nitrogens is 2. The summed E-state index contributed by atoms with van der Waals surface area (Å²) in [7, 11) is 0. The van der Waals surface area contributed by atoms with E-state index in [1.807, 2.05) is 43.3 Å². The van der Waals surface area contributed by atoms with Crippen LogP contribution in [0.25, 0.3) is 0 Å². The number of nitrogens with one attached hydrogen (secondary N) is 2. The molecule has 0 fully saturated rings. The summed E-state index contributed by atoms with van der Waals surface area (Å²) in [5, 5.41) is 6.54. The summed E-state index contributed by atoms with van der Waals surface area (Å²) in [5.41, 5.74) is 2.51. The minimum atomic E-state index is 0.0219. The van der Waals surface area contributed by atoms with E-state index in [9.17, 15) is 4.79 Å². The van der Waals surface area contributed by atoms with Crippen molar-refractivity contribution in [2.45, 2.75) is 20.4 Å². The summed E-state index contributed by atoms with van der Waals surface area (Å²) in [5.74, 6) is 3.54. The lowest BCUT2D eigenvalue weighted by Crippen LogP contribution is -2.05. The summed E-state index contributed by atoms with van der Waals surface area (Å²) in [4.78, 5) is 20.4. The molecule has 1 aliphatic rings. The lowest BCUT2D eigenvalue weighted by molar-refractivity contribution is 0.101. The second kappa shape index (κ2) is 7.56. The monoisotopic (exact) mass is 376 g/mol. The SMILES string of the molecule is CC(=O)c1cccc(Nc2cc(NCc3ccc4c(c3)OCO4)nc(C)n2)c1. The quantitative estimate of drug-likeness (QED) is 0.627. The van der Waals surface area contributed by atoms with Gasteiger partial charge in [0.25, 0.3) is 0 Å². The summed E-state index contributed by atoms with van der Waals surface area (Å²) in [6.07, 6.45) is 0. The molecule has 7 nitrogen and oxygen atoms in total. The van der Waals surface area contributed by atoms with Gasteiger partial charge in [-0.1, -0.05) is 18.2 Å². The predicted octanol–water partition coefficient (Wildman–Crippen LogP) is 4.07. The van der Waals surface area contributed by atoms with E-state index in [0.29, 0.717) is 29.6 Å². The molecular formula is C21H20N4O3. The first-order valence-electron chi connectivity index (χ1n) is 8.93. The van der Waals surface area contributed by atoms with Gasteiger partial charge in [0.2, 0.25) is 6.79 Å². The molecule has 4 rings (SSSR count). The molecule has 142 valence electrons. The molecule has 0 unspecified atom stereocenters. The average molecular weight is 376 g/mol. The maximum atomic E-state index is 11.6. The summed E-state index contributed by atoms with van der Waals surface area (Å²) >= 11 is 0. The Bertz CT molecular complexity index is 1040. The van der Waals surface area contributed by atoms with Gasteiger partial charge in [-0.3, -0.25) is 4.79 Å². The van der Waals surface area contributed by atoms with Crippen molar-refractivity contribution < 1.29 is 14.3 Å². The third-order valence-electron chi connectivity index (χ3n) is 4.29. The zero-order valence-electron chi connectivity index (χ0n) is 15.7. The normalized spacial score (nSPS) is 11.9. The van der Waals surface area contributed by atoms with Gasteiger partial charge < -0.3 is 20.1 Å². The molecule has 1 aromatic heterocycles. The summed E-state index contributed by atoms with van der Waals surface area (Å²) in [6.45, 7) is 4.23. The van der Waals surface area contributed by atoms with E-state index in [2.05, 4.69) is 20.6 Å². The number of carbonyl (C=O) groups excluding carboxylic acids is 1. The number of carbonyl (C=O) groups is 1. The fourth-order valence-corrected chi connectivity index (χ4v) is 2.93. The van der Waals surface area contributed by atoms with E-state index in [1.165, 1.54) is 0 Å². The van der Waals surface area contributed by atoms with Crippen molar-refractivity contribution in [3.8, 4) is 11.5 Å². The van der Waals surface area contributed by atoms with Crippen molar-refractivity contribution in [2.75, 3.05) is 17.4 Å². The van der Waals surface area contributed by atoms with Crippen LogP contribution in [0.3, 0.4) is 0 Å². The van der Waals surface area contributed by atoms with Gasteiger partial charge >= 0.3 is 0 Å². The van der Waals surface area contributed by atoms with E-state index < -0.39 is 0 Å². The fraction of sp³-hybridized carbons (Fsp3) is 0.190. The van der Waals surface area contributed by atoms with Crippen LogP contribution in [-0.4, -0.2) is 22.5 Å². The Kier molecular flexibility index (Phi) is 4.80. The van der Waals surface area contributed by atoms with Crippen molar-refractivity contribution in [3.63, 3.8) is 0 Å². The van der Waals surface area contributed by atoms with Gasteiger partial charge in [-0.05, 0) is 43.7 Å². The zero-order chi connectivity index (χ0) is 19.5. The molecule has 0 atom stereocenters. The molecule has 2 aromatic carbocycles. The van der Waals surface area contributed by atoms with Crippen LogP contribution in [0.4, 0.5) is 17.3 Å². The fourth-order valence-electron chi connectivity index (χ4n) is 2.93. The van der Waals surface area contributed by atoms with Gasteiger partial charge in [0, 0.05) is 23.9 Å². The molecule has 0 amide bonds. The third kappa shape index (κ3) is 4.03. The first-order valence-corrected chi connectivity index (χ1v) is 8.93. The molecule has 7 heteroatoms. The second-order valence-corrected chi connectivity index (χ2v) is 6.49. The minimum Gasteiger partial charge on any atom is -0.454 e. The Morgan fingerprint density at radius 1 is 1.04 bits per heavy atom. The van der Waals surface area contributed by atoms with Crippen LogP contribution in [-0.2, 0) is 6.54 Å². The average Bonchev–Trinajstić information content (AvgIpc) is 3.14. The maximum Gasteiger partial charge on any atom is 0.231 e. The number of Topliss-reactive ketones (excluding diaryl/α,β-unsaturated/α-hetero) is 1. The van der Waals surface area contributed by atoms with Crippen molar-refractivity contribution in [1.29, 1.82) is 0 Å². The molecule has 1 aliphatic heterocycles. The standard InChI is InChI=1S/C21H20N4O3/c1-13(26)16-4-3-5-17(9-16)25-21-10-20(23-14(2)24-21)22-11-15-6-7-18-19(8-15)28-12-27-18/h3-10H,11-12H2,1-2H3,(H2,22,23,24,25). The van der Waals surface area contributed by atoms with Crippen LogP contribution in [0.2, 0.25) is 0 Å². The number of rotatable bonds is 6. The van der Waals surface area contributed by atoms with Crippen molar-refractivity contribution >= 4 is 23.1 Å². The number of fused-ring (bicyclic) bond motifs is 1. The highest BCUT2D eigenvalue weighted by atomic mass is 16.7. The van der Waals surface area contributed by atoms with Crippen molar-refractivity contribution in [1.82, 2.24) is 9.97 Å². The smallest absolute Gasteiger partial charge is 0.231 e. The second-order valence-electron chi connectivity index (χ2n) is 6.49. The molecule has 0 saturated heterocycles. The van der Waals surface area contributed by atoms with Gasteiger partial charge in [-0.2, -0.15) is 0 Å². The van der Waals surface area contributed by atoms with E-state index >= 15 is 0 Å². The molecule has 0 spiro atoms. The van der Waals surface area contributed by atoms with Crippen LogP contribution in [0.1, 0.15) is 28.7 Å². The highest BCUT2D eigenvalue weighted by Gasteiger charge is 2.13. The molecular weight excluding hydrogens is 356 g/mol. The first-order chi connectivity index (χ1) is 13.6. The van der Waals surface area contributed by atoms with E-state index in [1.54, 1.807) is 19.1 Å². The summed E-state index contributed by atoms with van der Waals surface area (Å²) in [6, 6.07) is 15.0. The van der Waals surface area contributed by atoms with Crippen LogP contribution < -0.4 is 20.1 Å². The van der Waals surface area contributed by atoms with Gasteiger partial charge in [0.1, 0.15) is 17.5 Å². The zero-order valence-corrected chi connectivity index (χ0v) is 15.7. The van der Waals surface area contributed by atoms with Crippen molar-refractivity contribution in [2.24, 2.45) is 0 Å². The topological polar surface area (TPSA) is 85.4 Å². The molecule has 2 heterocycles.